The van der Waals surface area contributed by atoms with Crippen molar-refractivity contribution in [3.8, 4) is 0 Å². The molecule has 0 atom stereocenters. The summed E-state index contributed by atoms with van der Waals surface area (Å²) in [6, 6.07) is 2.70. The second-order valence-electron chi connectivity index (χ2n) is 5.74. The van der Waals surface area contributed by atoms with Gasteiger partial charge in [-0.2, -0.15) is 0 Å². The smallest absolute Gasteiger partial charge is 0.371 e. The number of hydrogen-bond donors (Lipinski definition) is 3. The van der Waals surface area contributed by atoms with Crippen molar-refractivity contribution in [3.05, 3.63) is 23.7 Å². The van der Waals surface area contributed by atoms with Gasteiger partial charge >= 0.3 is 12.0 Å². The summed E-state index contributed by atoms with van der Waals surface area (Å²) in [5.41, 5.74) is 0.374. The predicted octanol–water partition coefficient (Wildman–Crippen LogP) is 1.97. The maximum absolute atomic E-state index is 11.7. The van der Waals surface area contributed by atoms with E-state index >= 15 is 0 Å². The zero-order chi connectivity index (χ0) is 14.2. The first-order chi connectivity index (χ1) is 9.59. The van der Waals surface area contributed by atoms with E-state index in [9.17, 15) is 9.59 Å². The van der Waals surface area contributed by atoms with Gasteiger partial charge < -0.3 is 20.2 Å². The molecule has 6 heteroatoms. The summed E-state index contributed by atoms with van der Waals surface area (Å²) in [6.45, 7) is 0.928. The average Bonchev–Trinajstić information content (AvgIpc) is 3.31. The number of rotatable bonds is 6. The number of urea groups is 1. The Morgan fingerprint density at radius 1 is 1.30 bits per heavy atom. The summed E-state index contributed by atoms with van der Waals surface area (Å²) in [5.74, 6) is 0.0144. The van der Waals surface area contributed by atoms with Crippen LogP contribution in [0.25, 0.3) is 0 Å². The Morgan fingerprint density at radius 3 is 2.60 bits per heavy atom. The lowest BCUT2D eigenvalue weighted by atomic mass is 10.0. The van der Waals surface area contributed by atoms with Crippen molar-refractivity contribution >= 4 is 12.0 Å². The molecule has 0 saturated heterocycles. The molecule has 0 bridgehead atoms. The van der Waals surface area contributed by atoms with Gasteiger partial charge in [0.05, 0.1) is 6.54 Å². The highest BCUT2D eigenvalue weighted by atomic mass is 16.4. The number of carboxylic acids is 1. The van der Waals surface area contributed by atoms with Crippen molar-refractivity contribution in [2.45, 2.75) is 32.2 Å². The van der Waals surface area contributed by atoms with Gasteiger partial charge in [-0.15, -0.1) is 0 Å². The Hall–Kier alpha value is -1.98. The SMILES string of the molecule is O=C(NCc1ccc(C(=O)O)o1)NCC1(C2CC2)CC1. The van der Waals surface area contributed by atoms with Crippen molar-refractivity contribution in [2.24, 2.45) is 11.3 Å². The third-order valence-electron chi connectivity index (χ3n) is 4.23. The molecule has 2 saturated carbocycles. The van der Waals surface area contributed by atoms with Crippen molar-refractivity contribution in [3.63, 3.8) is 0 Å². The maximum Gasteiger partial charge on any atom is 0.371 e. The molecule has 3 rings (SSSR count). The lowest BCUT2D eigenvalue weighted by Crippen LogP contribution is -2.38. The standard InChI is InChI=1S/C14H18N2O4/c17-12(18)11-4-3-10(20-11)7-15-13(19)16-8-14(5-6-14)9-1-2-9/h3-4,9H,1-2,5-8H2,(H,17,18)(H2,15,16,19). The third kappa shape index (κ3) is 2.79. The van der Waals surface area contributed by atoms with Crippen LogP contribution in [0, 0.1) is 11.3 Å². The van der Waals surface area contributed by atoms with Gasteiger partial charge in [-0.25, -0.2) is 9.59 Å². The lowest BCUT2D eigenvalue weighted by Gasteiger charge is -2.15. The normalized spacial score (nSPS) is 19.4. The van der Waals surface area contributed by atoms with E-state index < -0.39 is 5.97 Å². The summed E-state index contributed by atoms with van der Waals surface area (Å²) in [7, 11) is 0. The summed E-state index contributed by atoms with van der Waals surface area (Å²) >= 11 is 0. The molecule has 0 aromatic carbocycles. The Balaban J connectivity index is 1.41. The predicted molar refractivity (Wildman–Crippen MR) is 70.3 cm³/mol. The molecule has 108 valence electrons. The number of hydrogen-bond acceptors (Lipinski definition) is 3. The minimum Gasteiger partial charge on any atom is -0.475 e. The van der Waals surface area contributed by atoms with Gasteiger partial charge in [0, 0.05) is 6.54 Å². The fourth-order valence-electron chi connectivity index (χ4n) is 2.66. The fraction of sp³-hybridized carbons (Fsp3) is 0.571. The molecule has 3 N–H and O–H groups in total. The monoisotopic (exact) mass is 278 g/mol. The molecule has 2 fully saturated rings. The Bertz CT molecular complexity index is 529. The van der Waals surface area contributed by atoms with Crippen molar-refractivity contribution in [1.82, 2.24) is 10.6 Å². The first-order valence-electron chi connectivity index (χ1n) is 6.93. The van der Waals surface area contributed by atoms with E-state index in [1.54, 1.807) is 6.07 Å². The first kappa shape index (κ1) is 13.0. The van der Waals surface area contributed by atoms with Crippen LogP contribution in [0.3, 0.4) is 0 Å². The van der Waals surface area contributed by atoms with Crippen LogP contribution in [0.4, 0.5) is 4.79 Å². The minimum absolute atomic E-state index is 0.118. The number of amides is 2. The molecule has 0 radical (unpaired) electrons. The third-order valence-corrected chi connectivity index (χ3v) is 4.23. The molecule has 0 unspecified atom stereocenters. The van der Waals surface area contributed by atoms with Crippen LogP contribution in [0.2, 0.25) is 0 Å². The van der Waals surface area contributed by atoms with Crippen LogP contribution in [-0.2, 0) is 6.54 Å². The molecule has 1 aromatic heterocycles. The second-order valence-corrected chi connectivity index (χ2v) is 5.74. The molecule has 0 aliphatic heterocycles. The fourth-order valence-corrected chi connectivity index (χ4v) is 2.66. The average molecular weight is 278 g/mol. The zero-order valence-electron chi connectivity index (χ0n) is 11.1. The molecule has 20 heavy (non-hydrogen) atoms. The van der Waals surface area contributed by atoms with E-state index in [2.05, 4.69) is 10.6 Å². The number of carboxylic acid groups (broad SMARTS) is 1. The molecular weight excluding hydrogens is 260 g/mol. The highest BCUT2D eigenvalue weighted by molar-refractivity contribution is 5.84. The van der Waals surface area contributed by atoms with E-state index in [4.69, 9.17) is 9.52 Å². The van der Waals surface area contributed by atoms with Gasteiger partial charge in [0.2, 0.25) is 5.76 Å². The summed E-state index contributed by atoms with van der Waals surface area (Å²) in [4.78, 5) is 22.3. The van der Waals surface area contributed by atoms with Gasteiger partial charge in [-0.1, -0.05) is 0 Å². The topological polar surface area (TPSA) is 91.6 Å². The summed E-state index contributed by atoms with van der Waals surface area (Å²) in [5, 5.41) is 14.3. The van der Waals surface area contributed by atoms with Crippen LogP contribution in [0.15, 0.2) is 16.5 Å². The lowest BCUT2D eigenvalue weighted by molar-refractivity contribution is 0.0660. The van der Waals surface area contributed by atoms with E-state index in [1.807, 2.05) is 0 Å². The second kappa shape index (κ2) is 4.85. The molecule has 2 aliphatic rings. The molecule has 0 spiro atoms. The van der Waals surface area contributed by atoms with Crippen LogP contribution in [0.1, 0.15) is 42.0 Å². The number of carbonyl (C=O) groups excluding carboxylic acids is 1. The number of furan rings is 1. The highest BCUT2D eigenvalue weighted by Crippen LogP contribution is 2.60. The van der Waals surface area contributed by atoms with E-state index in [-0.39, 0.29) is 18.3 Å². The largest absolute Gasteiger partial charge is 0.475 e. The number of carbonyl (C=O) groups is 2. The first-order valence-corrected chi connectivity index (χ1v) is 6.93. The highest BCUT2D eigenvalue weighted by Gasteiger charge is 2.53. The van der Waals surface area contributed by atoms with Gasteiger partial charge in [0.25, 0.3) is 0 Å². The van der Waals surface area contributed by atoms with Crippen molar-refractivity contribution < 1.29 is 19.1 Å². The Labute approximate surface area is 116 Å². The Morgan fingerprint density at radius 2 is 2.05 bits per heavy atom. The van der Waals surface area contributed by atoms with E-state index in [1.165, 1.54) is 31.7 Å². The molecule has 2 aliphatic carbocycles. The Kier molecular flexibility index (Phi) is 3.16. The van der Waals surface area contributed by atoms with Crippen LogP contribution >= 0.6 is 0 Å². The zero-order valence-corrected chi connectivity index (χ0v) is 11.1. The van der Waals surface area contributed by atoms with Gasteiger partial charge in [-0.3, -0.25) is 0 Å². The van der Waals surface area contributed by atoms with Crippen LogP contribution < -0.4 is 10.6 Å². The molecule has 1 heterocycles. The molecular formula is C14H18N2O4. The van der Waals surface area contributed by atoms with Crippen LogP contribution in [0.5, 0.6) is 0 Å². The number of aromatic carboxylic acids is 1. The summed E-state index contributed by atoms with van der Waals surface area (Å²) < 4.78 is 5.06. The summed E-state index contributed by atoms with van der Waals surface area (Å²) in [6.07, 6.45) is 5.04. The maximum atomic E-state index is 11.7. The van der Waals surface area contributed by atoms with Gasteiger partial charge in [0.15, 0.2) is 0 Å². The minimum atomic E-state index is -1.11. The molecule has 2 amide bonds. The van der Waals surface area contributed by atoms with Crippen molar-refractivity contribution in [2.75, 3.05) is 6.54 Å². The molecule has 1 aromatic rings. The van der Waals surface area contributed by atoms with Gasteiger partial charge in [-0.05, 0) is 49.1 Å². The van der Waals surface area contributed by atoms with Crippen LogP contribution in [-0.4, -0.2) is 23.7 Å². The quantitative estimate of drug-likeness (QED) is 0.741. The van der Waals surface area contributed by atoms with E-state index in [0.717, 1.165) is 12.5 Å². The van der Waals surface area contributed by atoms with E-state index in [0.29, 0.717) is 11.2 Å². The number of nitrogens with one attached hydrogen (secondary N) is 2. The van der Waals surface area contributed by atoms with Crippen molar-refractivity contribution in [1.29, 1.82) is 0 Å². The molecule has 6 nitrogen and oxygen atoms in total. The van der Waals surface area contributed by atoms with Gasteiger partial charge in [0.1, 0.15) is 5.76 Å².